The molecular formula is C25H24ClN3O6S. The molecule has 3 aromatic carbocycles. The lowest BCUT2D eigenvalue weighted by Gasteiger charge is -2.25. The highest BCUT2D eigenvalue weighted by Crippen LogP contribution is 2.30. The van der Waals surface area contributed by atoms with E-state index in [0.717, 1.165) is 4.31 Å². The quantitative estimate of drug-likeness (QED) is 0.244. The largest absolute Gasteiger partial charge is 0.482 e. The number of nitrogens with zero attached hydrogens (tertiary/aromatic N) is 2. The Morgan fingerprint density at radius 1 is 1.06 bits per heavy atom. The van der Waals surface area contributed by atoms with E-state index in [0.29, 0.717) is 21.9 Å². The van der Waals surface area contributed by atoms with Crippen LogP contribution in [0, 0.1) is 6.92 Å². The number of hydrazone groups is 1. The molecule has 0 spiro atoms. The van der Waals surface area contributed by atoms with Crippen molar-refractivity contribution in [1.82, 2.24) is 5.43 Å². The monoisotopic (exact) mass is 529 g/mol. The standard InChI is InChI=1S/C25H24ClN3O6S/c1-18-22(26)12-7-13-23(18)29(36(32,33)21-10-4-3-5-11-21)16-24(30)28-27-15-19-8-6-9-20(14-19)35-17-25(31)34-2/h3-15H,16-17H2,1-2H3,(H,28,30)/b27-15-. The van der Waals surface area contributed by atoms with Crippen LogP contribution in [0.25, 0.3) is 0 Å². The van der Waals surface area contributed by atoms with Crippen LogP contribution in [0.1, 0.15) is 11.1 Å². The first-order valence-electron chi connectivity index (χ1n) is 10.7. The van der Waals surface area contributed by atoms with Gasteiger partial charge in [0.15, 0.2) is 6.61 Å². The number of methoxy groups -OCH3 is 1. The van der Waals surface area contributed by atoms with Gasteiger partial charge in [-0.15, -0.1) is 0 Å². The Hall–Kier alpha value is -3.89. The van der Waals surface area contributed by atoms with Crippen molar-refractivity contribution in [2.45, 2.75) is 11.8 Å². The third kappa shape index (κ3) is 6.83. The van der Waals surface area contributed by atoms with E-state index in [1.165, 1.54) is 25.5 Å². The maximum absolute atomic E-state index is 13.4. The number of carbonyl (C=O) groups is 2. The average Bonchev–Trinajstić information content (AvgIpc) is 2.88. The Morgan fingerprint density at radius 2 is 1.78 bits per heavy atom. The van der Waals surface area contributed by atoms with E-state index >= 15 is 0 Å². The number of hydrogen-bond donors (Lipinski definition) is 1. The van der Waals surface area contributed by atoms with Gasteiger partial charge in [0, 0.05) is 5.02 Å². The summed E-state index contributed by atoms with van der Waals surface area (Å²) in [5.41, 5.74) is 3.72. The summed E-state index contributed by atoms with van der Waals surface area (Å²) < 4.78 is 37.7. The van der Waals surface area contributed by atoms with Gasteiger partial charge in [0.2, 0.25) is 0 Å². The zero-order valence-electron chi connectivity index (χ0n) is 19.5. The smallest absolute Gasteiger partial charge is 0.343 e. The molecule has 3 rings (SSSR count). The van der Waals surface area contributed by atoms with Crippen LogP contribution in [-0.2, 0) is 24.3 Å². The zero-order chi connectivity index (χ0) is 26.1. The number of anilines is 1. The van der Waals surface area contributed by atoms with Gasteiger partial charge in [-0.25, -0.2) is 18.6 Å². The fraction of sp³-hybridized carbons (Fsp3) is 0.160. The number of esters is 1. The molecule has 188 valence electrons. The summed E-state index contributed by atoms with van der Waals surface area (Å²) in [6.07, 6.45) is 1.36. The van der Waals surface area contributed by atoms with E-state index in [2.05, 4.69) is 15.3 Å². The molecule has 0 saturated heterocycles. The molecule has 0 unspecified atom stereocenters. The van der Waals surface area contributed by atoms with Crippen molar-refractivity contribution >= 4 is 45.4 Å². The molecule has 0 bridgehead atoms. The van der Waals surface area contributed by atoms with Crippen molar-refractivity contribution in [2.75, 3.05) is 24.6 Å². The van der Waals surface area contributed by atoms with Crippen molar-refractivity contribution in [3.63, 3.8) is 0 Å². The lowest BCUT2D eigenvalue weighted by Crippen LogP contribution is -2.40. The zero-order valence-corrected chi connectivity index (χ0v) is 21.1. The molecule has 0 heterocycles. The van der Waals surface area contributed by atoms with E-state index in [9.17, 15) is 18.0 Å². The lowest BCUT2D eigenvalue weighted by atomic mass is 10.2. The molecule has 1 amide bonds. The number of carbonyl (C=O) groups excluding carboxylic acids is 2. The third-order valence-corrected chi connectivity index (χ3v) is 7.15. The van der Waals surface area contributed by atoms with Gasteiger partial charge in [0.1, 0.15) is 12.3 Å². The second-order valence-corrected chi connectivity index (χ2v) is 9.71. The van der Waals surface area contributed by atoms with Gasteiger partial charge < -0.3 is 9.47 Å². The van der Waals surface area contributed by atoms with Crippen LogP contribution in [0.4, 0.5) is 5.69 Å². The Bertz CT molecular complexity index is 1360. The molecule has 0 aliphatic carbocycles. The van der Waals surface area contributed by atoms with Crippen molar-refractivity contribution in [3.8, 4) is 5.75 Å². The summed E-state index contributed by atoms with van der Waals surface area (Å²) in [5.74, 6) is -0.776. The lowest BCUT2D eigenvalue weighted by molar-refractivity contribution is -0.142. The Labute approximate surface area is 214 Å². The highest BCUT2D eigenvalue weighted by atomic mass is 35.5. The fourth-order valence-electron chi connectivity index (χ4n) is 3.12. The molecule has 0 aliphatic heterocycles. The number of sulfonamides is 1. The van der Waals surface area contributed by atoms with Crippen molar-refractivity contribution < 1.29 is 27.5 Å². The topological polar surface area (TPSA) is 114 Å². The second-order valence-electron chi connectivity index (χ2n) is 7.44. The fourth-order valence-corrected chi connectivity index (χ4v) is 4.79. The molecule has 36 heavy (non-hydrogen) atoms. The maximum Gasteiger partial charge on any atom is 0.343 e. The van der Waals surface area contributed by atoms with Crippen molar-refractivity contribution in [1.29, 1.82) is 0 Å². The van der Waals surface area contributed by atoms with E-state index in [1.807, 2.05) is 0 Å². The van der Waals surface area contributed by atoms with Crippen LogP contribution in [-0.4, -0.2) is 46.8 Å². The van der Waals surface area contributed by atoms with Gasteiger partial charge in [0.05, 0.1) is 23.9 Å². The number of rotatable bonds is 10. The molecule has 0 radical (unpaired) electrons. The van der Waals surface area contributed by atoms with Crippen molar-refractivity contribution in [2.24, 2.45) is 5.10 Å². The first kappa shape index (κ1) is 26.7. The van der Waals surface area contributed by atoms with Crippen molar-refractivity contribution in [3.05, 3.63) is 88.9 Å². The molecule has 0 atom stereocenters. The summed E-state index contributed by atoms with van der Waals surface area (Å²) in [5, 5.41) is 4.29. The van der Waals surface area contributed by atoms with Crippen LogP contribution in [0.3, 0.4) is 0 Å². The number of halogens is 1. The van der Waals surface area contributed by atoms with Gasteiger partial charge in [-0.1, -0.05) is 48.0 Å². The second kappa shape index (κ2) is 12.2. The Morgan fingerprint density at radius 3 is 2.50 bits per heavy atom. The minimum Gasteiger partial charge on any atom is -0.482 e. The van der Waals surface area contributed by atoms with E-state index < -0.39 is 28.4 Å². The number of nitrogens with one attached hydrogen (secondary N) is 1. The third-order valence-electron chi connectivity index (χ3n) is 4.97. The molecular weight excluding hydrogens is 506 g/mol. The Balaban J connectivity index is 1.77. The van der Waals surface area contributed by atoms with Gasteiger partial charge in [-0.2, -0.15) is 5.10 Å². The van der Waals surface area contributed by atoms with E-state index in [-0.39, 0.29) is 17.2 Å². The van der Waals surface area contributed by atoms with Gasteiger partial charge in [-0.05, 0) is 54.4 Å². The highest BCUT2D eigenvalue weighted by Gasteiger charge is 2.28. The van der Waals surface area contributed by atoms with Crippen LogP contribution in [0.2, 0.25) is 5.02 Å². The maximum atomic E-state index is 13.4. The SMILES string of the molecule is COC(=O)COc1cccc(/C=N\NC(=O)CN(c2cccc(Cl)c2C)S(=O)(=O)c2ccccc2)c1. The molecule has 0 aliphatic rings. The molecule has 1 N–H and O–H groups in total. The van der Waals surface area contributed by atoms with Crippen LogP contribution in [0.15, 0.2) is 82.8 Å². The van der Waals surface area contributed by atoms with Crippen LogP contribution in [0.5, 0.6) is 5.75 Å². The number of benzene rings is 3. The minimum atomic E-state index is -4.08. The van der Waals surface area contributed by atoms with E-state index in [4.69, 9.17) is 16.3 Å². The van der Waals surface area contributed by atoms with Gasteiger partial charge >= 0.3 is 5.97 Å². The predicted octanol–water partition coefficient (Wildman–Crippen LogP) is 3.55. The first-order chi connectivity index (χ1) is 17.2. The van der Waals surface area contributed by atoms with Crippen LogP contribution >= 0.6 is 11.6 Å². The number of amides is 1. The normalized spacial score (nSPS) is 11.2. The predicted molar refractivity (Wildman–Crippen MR) is 137 cm³/mol. The highest BCUT2D eigenvalue weighted by molar-refractivity contribution is 7.92. The van der Waals surface area contributed by atoms with E-state index in [1.54, 1.807) is 67.6 Å². The summed E-state index contributed by atoms with van der Waals surface area (Å²) in [4.78, 5) is 24.0. The Kier molecular flexibility index (Phi) is 9.04. The summed E-state index contributed by atoms with van der Waals surface area (Å²) in [6, 6.07) is 19.3. The van der Waals surface area contributed by atoms with Gasteiger partial charge in [-0.3, -0.25) is 9.10 Å². The summed E-state index contributed by atoms with van der Waals surface area (Å²) in [6.45, 7) is 0.900. The molecule has 3 aromatic rings. The summed E-state index contributed by atoms with van der Waals surface area (Å²) >= 11 is 6.22. The molecule has 9 nitrogen and oxygen atoms in total. The molecule has 0 saturated carbocycles. The molecule has 0 fully saturated rings. The minimum absolute atomic E-state index is 0.0319. The van der Waals surface area contributed by atoms with Gasteiger partial charge in [0.25, 0.3) is 15.9 Å². The molecule has 0 aromatic heterocycles. The average molecular weight is 530 g/mol. The molecule has 11 heteroatoms. The summed E-state index contributed by atoms with van der Waals surface area (Å²) in [7, 11) is -2.82. The first-order valence-corrected chi connectivity index (χ1v) is 12.5. The number of hydrogen-bond acceptors (Lipinski definition) is 7. The van der Waals surface area contributed by atoms with Crippen LogP contribution < -0.4 is 14.5 Å². The number of ether oxygens (including phenoxy) is 2.